The lowest BCUT2D eigenvalue weighted by molar-refractivity contribution is -0.155. The first-order valence-corrected chi connectivity index (χ1v) is 11.2. The normalized spacial score (nSPS) is 30.3. The van der Waals surface area contributed by atoms with Gasteiger partial charge in [-0.25, -0.2) is 0 Å². The van der Waals surface area contributed by atoms with Crippen LogP contribution in [0.25, 0.3) is 0 Å². The zero-order valence-electron chi connectivity index (χ0n) is 18.3. The molecule has 8 heteroatoms. The number of amides is 2. The predicted molar refractivity (Wildman–Crippen MR) is 115 cm³/mol. The van der Waals surface area contributed by atoms with E-state index in [1.54, 1.807) is 17.9 Å². The van der Waals surface area contributed by atoms with E-state index >= 15 is 0 Å². The van der Waals surface area contributed by atoms with Gasteiger partial charge in [0.25, 0.3) is 0 Å². The van der Waals surface area contributed by atoms with Crippen LogP contribution in [0, 0.1) is 11.8 Å². The van der Waals surface area contributed by atoms with Crippen molar-refractivity contribution in [1.82, 2.24) is 9.80 Å². The highest BCUT2D eigenvalue weighted by molar-refractivity contribution is 5.98. The molecule has 1 aromatic carbocycles. The molecule has 3 fully saturated rings. The van der Waals surface area contributed by atoms with Crippen LogP contribution in [0.1, 0.15) is 25.3 Å². The van der Waals surface area contributed by atoms with Crippen LogP contribution in [0.4, 0.5) is 0 Å². The van der Waals surface area contributed by atoms with Gasteiger partial charge >= 0.3 is 5.97 Å². The number of hydrogen-bond acceptors (Lipinski definition) is 6. The Kier molecular flexibility index (Phi) is 6.35. The number of fused-ring (bicyclic) bond motifs is 1. The van der Waals surface area contributed by atoms with Crippen LogP contribution in [0.5, 0.6) is 0 Å². The third kappa shape index (κ3) is 3.51. The molecule has 2 amide bonds. The van der Waals surface area contributed by atoms with E-state index in [9.17, 15) is 19.5 Å². The first kappa shape index (κ1) is 22.5. The lowest BCUT2D eigenvalue weighted by Gasteiger charge is -2.36. The molecular formula is C24H30N2O6. The number of likely N-dealkylation sites (tertiary alicyclic amines) is 1. The Labute approximate surface area is 187 Å². The number of aliphatic hydroxyl groups is 1. The third-order valence-electron chi connectivity index (χ3n) is 6.81. The van der Waals surface area contributed by atoms with Crippen LogP contribution in [0.15, 0.2) is 43.0 Å². The zero-order chi connectivity index (χ0) is 22.9. The number of rotatable bonds is 9. The molecule has 0 aliphatic carbocycles. The number of nitrogens with zero attached hydrogens (tertiary/aromatic N) is 2. The topological polar surface area (TPSA) is 96.4 Å². The summed E-state index contributed by atoms with van der Waals surface area (Å²) in [5.41, 5.74) is -0.127. The van der Waals surface area contributed by atoms with Crippen molar-refractivity contribution in [1.29, 1.82) is 0 Å². The van der Waals surface area contributed by atoms with Crippen molar-refractivity contribution in [2.24, 2.45) is 11.8 Å². The molecule has 0 saturated carbocycles. The fourth-order valence-electron chi connectivity index (χ4n) is 5.65. The largest absolute Gasteiger partial charge is 0.466 e. The molecule has 8 nitrogen and oxygen atoms in total. The molecule has 0 radical (unpaired) electrons. The van der Waals surface area contributed by atoms with Crippen molar-refractivity contribution >= 4 is 17.8 Å². The van der Waals surface area contributed by atoms with Gasteiger partial charge in [0, 0.05) is 19.6 Å². The van der Waals surface area contributed by atoms with Crippen molar-refractivity contribution < 1.29 is 29.0 Å². The highest BCUT2D eigenvalue weighted by Gasteiger charge is 2.75. The van der Waals surface area contributed by atoms with Crippen molar-refractivity contribution in [2.75, 3.05) is 26.3 Å². The van der Waals surface area contributed by atoms with Crippen LogP contribution >= 0.6 is 0 Å². The van der Waals surface area contributed by atoms with Crippen molar-refractivity contribution in [2.45, 2.75) is 44.1 Å². The minimum absolute atomic E-state index is 0.00429. The maximum atomic E-state index is 13.9. The summed E-state index contributed by atoms with van der Waals surface area (Å²) in [7, 11) is 0. The maximum Gasteiger partial charge on any atom is 0.312 e. The van der Waals surface area contributed by atoms with E-state index in [1.165, 1.54) is 4.90 Å². The van der Waals surface area contributed by atoms with Gasteiger partial charge in [0.05, 0.1) is 31.2 Å². The molecule has 0 aromatic heterocycles. The van der Waals surface area contributed by atoms with Gasteiger partial charge in [-0.3, -0.25) is 14.4 Å². The van der Waals surface area contributed by atoms with Gasteiger partial charge in [0.2, 0.25) is 11.8 Å². The highest BCUT2D eigenvalue weighted by atomic mass is 16.6. The summed E-state index contributed by atoms with van der Waals surface area (Å²) in [5, 5.41) is 9.64. The van der Waals surface area contributed by atoms with E-state index in [-0.39, 0.29) is 31.6 Å². The molecule has 3 saturated heterocycles. The van der Waals surface area contributed by atoms with Gasteiger partial charge < -0.3 is 24.4 Å². The second kappa shape index (κ2) is 9.03. The number of aliphatic hydroxyl groups excluding tert-OH is 1. The molecule has 0 unspecified atom stereocenters. The van der Waals surface area contributed by atoms with Gasteiger partial charge in [0.15, 0.2) is 0 Å². The first-order valence-electron chi connectivity index (χ1n) is 11.2. The molecule has 3 aliphatic rings. The molecule has 1 aromatic rings. The van der Waals surface area contributed by atoms with E-state index in [4.69, 9.17) is 9.47 Å². The third-order valence-corrected chi connectivity index (χ3v) is 6.81. The summed E-state index contributed by atoms with van der Waals surface area (Å²) < 4.78 is 11.5. The van der Waals surface area contributed by atoms with Gasteiger partial charge in [-0.05, 0) is 25.3 Å². The Morgan fingerprint density at radius 2 is 2.12 bits per heavy atom. The van der Waals surface area contributed by atoms with E-state index in [2.05, 4.69) is 6.58 Å². The Morgan fingerprint density at radius 3 is 2.78 bits per heavy atom. The predicted octanol–water partition coefficient (Wildman–Crippen LogP) is 1.13. The number of esters is 1. The highest BCUT2D eigenvalue weighted by Crippen LogP contribution is 2.58. The monoisotopic (exact) mass is 442 g/mol. The fraction of sp³-hybridized carbons (Fsp3) is 0.542. The molecule has 2 bridgehead atoms. The lowest BCUT2D eigenvalue weighted by Crippen LogP contribution is -2.56. The van der Waals surface area contributed by atoms with E-state index < -0.39 is 35.6 Å². The molecule has 3 heterocycles. The van der Waals surface area contributed by atoms with Crippen LogP contribution in [-0.4, -0.2) is 76.7 Å². The number of ether oxygens (including phenoxy) is 2. The quantitative estimate of drug-likeness (QED) is 0.455. The summed E-state index contributed by atoms with van der Waals surface area (Å²) >= 11 is 0. The minimum atomic E-state index is -1.08. The summed E-state index contributed by atoms with van der Waals surface area (Å²) in [4.78, 5) is 43.1. The molecule has 5 atom stereocenters. The van der Waals surface area contributed by atoms with E-state index in [0.717, 1.165) is 5.56 Å². The summed E-state index contributed by atoms with van der Waals surface area (Å²) in [5.74, 6) is -2.54. The van der Waals surface area contributed by atoms with Gasteiger partial charge in [-0.2, -0.15) is 0 Å². The number of benzene rings is 1. The van der Waals surface area contributed by atoms with Gasteiger partial charge in [-0.15, -0.1) is 6.58 Å². The SMILES string of the molecule is C=CCN(Cc1ccccc1)C(=O)[C@H]1N(CCO)C(=O)[C@@H]2[C@@H](C(=O)OCC)[C@H]3CC[C@]21O3. The standard InChI is InChI=1S/C24H30N2O6/c1-3-12-25(15-16-8-6-5-7-9-16)22(29)20-24-11-10-17(32-24)18(23(30)31-4-2)19(24)21(28)26(20)13-14-27/h3,5-9,17-20,27H,1,4,10-15H2,2H3/t17-,18+,19+,20-,24+/m1/s1. The van der Waals surface area contributed by atoms with Crippen molar-refractivity contribution in [3.63, 3.8) is 0 Å². The van der Waals surface area contributed by atoms with Gasteiger partial charge in [-0.1, -0.05) is 36.4 Å². The summed E-state index contributed by atoms with van der Waals surface area (Å²) in [6.07, 6.45) is 2.31. The van der Waals surface area contributed by atoms with Crippen LogP contribution in [0.2, 0.25) is 0 Å². The second-order valence-electron chi connectivity index (χ2n) is 8.56. The lowest BCUT2D eigenvalue weighted by atomic mass is 9.70. The number of carbonyl (C=O) groups excluding carboxylic acids is 3. The maximum absolute atomic E-state index is 13.9. The Hall–Kier alpha value is -2.71. The first-order chi connectivity index (χ1) is 15.5. The Balaban J connectivity index is 1.69. The number of hydrogen-bond donors (Lipinski definition) is 1. The summed E-state index contributed by atoms with van der Waals surface area (Å²) in [6, 6.07) is 8.69. The minimum Gasteiger partial charge on any atom is -0.466 e. The van der Waals surface area contributed by atoms with Crippen LogP contribution in [-0.2, 0) is 30.4 Å². The molecule has 32 heavy (non-hydrogen) atoms. The average Bonchev–Trinajstić information content (AvgIpc) is 3.42. The number of carbonyl (C=O) groups is 3. The Morgan fingerprint density at radius 1 is 1.38 bits per heavy atom. The molecule has 4 rings (SSSR count). The van der Waals surface area contributed by atoms with Crippen molar-refractivity contribution in [3.8, 4) is 0 Å². The molecule has 1 N–H and O–H groups in total. The van der Waals surface area contributed by atoms with Crippen molar-refractivity contribution in [3.05, 3.63) is 48.6 Å². The van der Waals surface area contributed by atoms with Gasteiger partial charge in [0.1, 0.15) is 11.6 Å². The molecule has 1 spiro atoms. The van der Waals surface area contributed by atoms with Crippen LogP contribution < -0.4 is 0 Å². The fourth-order valence-corrected chi connectivity index (χ4v) is 5.65. The molecule has 3 aliphatic heterocycles. The zero-order valence-corrected chi connectivity index (χ0v) is 18.3. The Bertz CT molecular complexity index is 890. The average molecular weight is 443 g/mol. The smallest absolute Gasteiger partial charge is 0.312 e. The van der Waals surface area contributed by atoms with Crippen LogP contribution in [0.3, 0.4) is 0 Å². The molecular weight excluding hydrogens is 412 g/mol. The second-order valence-corrected chi connectivity index (χ2v) is 8.56. The number of β-amino-alcohol motifs (C(OH)–C–C–N with tert-alkyl or cyclic N) is 1. The molecule has 172 valence electrons. The van der Waals surface area contributed by atoms with E-state index in [1.807, 2.05) is 30.3 Å². The van der Waals surface area contributed by atoms with E-state index in [0.29, 0.717) is 25.9 Å². The summed E-state index contributed by atoms with van der Waals surface area (Å²) in [6.45, 7) is 6.09.